The maximum Gasteiger partial charge on any atom is 0.119 e. The summed E-state index contributed by atoms with van der Waals surface area (Å²) in [6, 6.07) is 10.8. The molecule has 2 rings (SSSR count). The molecule has 18 heavy (non-hydrogen) atoms. The summed E-state index contributed by atoms with van der Waals surface area (Å²) in [6.45, 7) is 4.41. The molecular formula is C15H24N2O. The number of likely N-dealkylation sites (tertiary alicyclic amines) is 1. The molecule has 3 nitrogen and oxygen atoms in total. The largest absolute Gasteiger partial charge is 0.494 e. The van der Waals surface area contributed by atoms with Gasteiger partial charge in [0.15, 0.2) is 0 Å². The summed E-state index contributed by atoms with van der Waals surface area (Å²) in [4.78, 5) is 2.54. The van der Waals surface area contributed by atoms with Gasteiger partial charge in [-0.15, -0.1) is 0 Å². The molecule has 100 valence electrons. The molecule has 0 saturated carbocycles. The highest BCUT2D eigenvalue weighted by atomic mass is 16.5. The van der Waals surface area contributed by atoms with Gasteiger partial charge in [0, 0.05) is 12.6 Å². The second kappa shape index (κ2) is 7.39. The summed E-state index contributed by atoms with van der Waals surface area (Å²) in [5, 5.41) is 3.36. The molecule has 1 saturated heterocycles. The van der Waals surface area contributed by atoms with E-state index in [9.17, 15) is 0 Å². The van der Waals surface area contributed by atoms with Crippen molar-refractivity contribution in [1.29, 1.82) is 0 Å². The minimum absolute atomic E-state index is 0.724. The van der Waals surface area contributed by atoms with E-state index in [2.05, 4.69) is 17.3 Å². The van der Waals surface area contributed by atoms with Crippen LogP contribution in [0.4, 0.5) is 0 Å². The van der Waals surface area contributed by atoms with Crippen molar-refractivity contribution in [2.24, 2.45) is 0 Å². The highest BCUT2D eigenvalue weighted by Crippen LogP contribution is 2.11. The SMILES string of the molecule is CNC1CCN(CCCOc2ccccc2)CC1. The number of para-hydroxylation sites is 1. The van der Waals surface area contributed by atoms with Gasteiger partial charge in [-0.05, 0) is 51.5 Å². The standard InChI is InChI=1S/C15H24N2O/c1-16-14-8-11-17(12-9-14)10-5-13-18-15-6-3-2-4-7-15/h2-4,6-7,14,16H,5,8-13H2,1H3. The molecule has 0 aliphatic carbocycles. The summed E-state index contributed by atoms with van der Waals surface area (Å²) in [5.74, 6) is 0.978. The average Bonchev–Trinajstić information content (AvgIpc) is 2.45. The summed E-state index contributed by atoms with van der Waals surface area (Å²) in [7, 11) is 2.06. The Balaban J connectivity index is 1.56. The van der Waals surface area contributed by atoms with E-state index in [4.69, 9.17) is 4.74 Å². The van der Waals surface area contributed by atoms with Crippen molar-refractivity contribution in [2.75, 3.05) is 33.3 Å². The molecule has 0 bridgehead atoms. The van der Waals surface area contributed by atoms with Gasteiger partial charge in [0.2, 0.25) is 0 Å². The van der Waals surface area contributed by atoms with Crippen LogP contribution >= 0.6 is 0 Å². The summed E-state index contributed by atoms with van der Waals surface area (Å²) < 4.78 is 5.70. The zero-order valence-corrected chi connectivity index (χ0v) is 11.3. The Bertz CT molecular complexity index is 321. The van der Waals surface area contributed by atoms with Crippen molar-refractivity contribution in [3.8, 4) is 5.75 Å². The van der Waals surface area contributed by atoms with Crippen LogP contribution in [0, 0.1) is 0 Å². The highest BCUT2D eigenvalue weighted by Gasteiger charge is 2.16. The van der Waals surface area contributed by atoms with E-state index >= 15 is 0 Å². The number of nitrogens with one attached hydrogen (secondary N) is 1. The van der Waals surface area contributed by atoms with Crippen LogP contribution in [0.2, 0.25) is 0 Å². The molecule has 0 amide bonds. The van der Waals surface area contributed by atoms with Crippen LogP contribution in [0.1, 0.15) is 19.3 Å². The normalized spacial score (nSPS) is 17.8. The molecule has 0 spiro atoms. The van der Waals surface area contributed by atoms with Crippen LogP contribution in [-0.2, 0) is 0 Å². The second-order valence-corrected chi connectivity index (χ2v) is 4.92. The topological polar surface area (TPSA) is 24.5 Å². The molecule has 0 radical (unpaired) electrons. The van der Waals surface area contributed by atoms with Crippen LogP contribution < -0.4 is 10.1 Å². The molecule has 1 aliphatic rings. The molecule has 1 aromatic rings. The van der Waals surface area contributed by atoms with E-state index in [1.54, 1.807) is 0 Å². The lowest BCUT2D eigenvalue weighted by molar-refractivity contribution is 0.185. The van der Waals surface area contributed by atoms with Gasteiger partial charge in [-0.2, -0.15) is 0 Å². The molecule has 0 atom stereocenters. The third-order valence-corrected chi connectivity index (χ3v) is 3.63. The van der Waals surface area contributed by atoms with Gasteiger partial charge >= 0.3 is 0 Å². The van der Waals surface area contributed by atoms with E-state index in [0.29, 0.717) is 0 Å². The number of hydrogen-bond acceptors (Lipinski definition) is 3. The minimum atomic E-state index is 0.724. The van der Waals surface area contributed by atoms with E-state index < -0.39 is 0 Å². The second-order valence-electron chi connectivity index (χ2n) is 4.92. The zero-order chi connectivity index (χ0) is 12.6. The van der Waals surface area contributed by atoms with Crippen molar-refractivity contribution in [1.82, 2.24) is 10.2 Å². The van der Waals surface area contributed by atoms with Crippen LogP contribution in [0.5, 0.6) is 5.75 Å². The fraction of sp³-hybridized carbons (Fsp3) is 0.600. The zero-order valence-electron chi connectivity index (χ0n) is 11.3. The third kappa shape index (κ3) is 4.31. The summed E-state index contributed by atoms with van der Waals surface area (Å²) in [6.07, 6.45) is 3.66. The smallest absolute Gasteiger partial charge is 0.119 e. The van der Waals surface area contributed by atoms with Crippen LogP contribution in [0.25, 0.3) is 0 Å². The monoisotopic (exact) mass is 248 g/mol. The fourth-order valence-electron chi connectivity index (χ4n) is 2.44. The molecular weight excluding hydrogens is 224 g/mol. The first-order chi connectivity index (χ1) is 8.88. The minimum Gasteiger partial charge on any atom is -0.494 e. The van der Waals surface area contributed by atoms with E-state index in [1.807, 2.05) is 30.3 Å². The van der Waals surface area contributed by atoms with Crippen LogP contribution in [0.3, 0.4) is 0 Å². The predicted octanol–water partition coefficient (Wildman–Crippen LogP) is 2.14. The van der Waals surface area contributed by atoms with Gasteiger partial charge in [-0.25, -0.2) is 0 Å². The molecule has 1 aromatic carbocycles. The van der Waals surface area contributed by atoms with Gasteiger partial charge < -0.3 is 15.0 Å². The Labute approximate surface area is 110 Å². The number of piperidine rings is 1. The molecule has 1 N–H and O–H groups in total. The quantitative estimate of drug-likeness (QED) is 0.781. The van der Waals surface area contributed by atoms with E-state index in [1.165, 1.54) is 25.9 Å². The average molecular weight is 248 g/mol. The first-order valence-corrected chi connectivity index (χ1v) is 6.96. The molecule has 0 unspecified atom stereocenters. The lowest BCUT2D eigenvalue weighted by atomic mass is 10.1. The molecule has 1 fully saturated rings. The predicted molar refractivity (Wildman–Crippen MR) is 75.1 cm³/mol. The molecule has 1 heterocycles. The first kappa shape index (κ1) is 13.4. The fourth-order valence-corrected chi connectivity index (χ4v) is 2.44. The van der Waals surface area contributed by atoms with Gasteiger partial charge in [0.1, 0.15) is 5.75 Å². The Morgan fingerprint density at radius 1 is 1.22 bits per heavy atom. The lowest BCUT2D eigenvalue weighted by Gasteiger charge is -2.31. The Morgan fingerprint density at radius 2 is 1.94 bits per heavy atom. The third-order valence-electron chi connectivity index (χ3n) is 3.63. The Morgan fingerprint density at radius 3 is 2.61 bits per heavy atom. The maximum atomic E-state index is 5.70. The number of ether oxygens (including phenoxy) is 1. The highest BCUT2D eigenvalue weighted by molar-refractivity contribution is 5.20. The van der Waals surface area contributed by atoms with Gasteiger partial charge in [-0.1, -0.05) is 18.2 Å². The van der Waals surface area contributed by atoms with Gasteiger partial charge in [0.05, 0.1) is 6.61 Å². The number of nitrogens with zero attached hydrogens (tertiary/aromatic N) is 1. The van der Waals surface area contributed by atoms with Crippen molar-refractivity contribution in [2.45, 2.75) is 25.3 Å². The van der Waals surface area contributed by atoms with Crippen LogP contribution in [0.15, 0.2) is 30.3 Å². The Kier molecular flexibility index (Phi) is 5.49. The lowest BCUT2D eigenvalue weighted by Crippen LogP contribution is -2.41. The van der Waals surface area contributed by atoms with Crippen LogP contribution in [-0.4, -0.2) is 44.2 Å². The van der Waals surface area contributed by atoms with Crippen molar-refractivity contribution >= 4 is 0 Å². The molecule has 3 heteroatoms. The number of benzene rings is 1. The van der Waals surface area contributed by atoms with Gasteiger partial charge in [-0.3, -0.25) is 0 Å². The van der Waals surface area contributed by atoms with Crippen molar-refractivity contribution in [3.05, 3.63) is 30.3 Å². The van der Waals surface area contributed by atoms with E-state index in [-0.39, 0.29) is 0 Å². The molecule has 1 aliphatic heterocycles. The summed E-state index contributed by atoms with van der Waals surface area (Å²) in [5.41, 5.74) is 0. The number of hydrogen-bond donors (Lipinski definition) is 1. The maximum absolute atomic E-state index is 5.70. The van der Waals surface area contributed by atoms with E-state index in [0.717, 1.165) is 31.4 Å². The van der Waals surface area contributed by atoms with Crippen molar-refractivity contribution < 1.29 is 4.74 Å². The first-order valence-electron chi connectivity index (χ1n) is 6.96. The Hall–Kier alpha value is -1.06. The van der Waals surface area contributed by atoms with Crippen molar-refractivity contribution in [3.63, 3.8) is 0 Å². The molecule has 0 aromatic heterocycles. The van der Waals surface area contributed by atoms with Gasteiger partial charge in [0.25, 0.3) is 0 Å². The summed E-state index contributed by atoms with van der Waals surface area (Å²) >= 11 is 0. The number of rotatable bonds is 6.